The Morgan fingerprint density at radius 3 is 1.43 bits per heavy atom. The van der Waals surface area contributed by atoms with Crippen molar-refractivity contribution in [3.63, 3.8) is 0 Å². The maximum Gasteiger partial charge on any atom is 0.458 e. The monoisotopic (exact) mass is 392 g/mol. The van der Waals surface area contributed by atoms with E-state index in [1.54, 1.807) is 0 Å². The largest absolute Gasteiger partial charge is 0.458 e. The molecule has 0 N–H and O–H groups in total. The highest BCUT2D eigenvalue weighted by molar-refractivity contribution is 6.68. The molecule has 1 atom stereocenters. The van der Waals surface area contributed by atoms with Crippen molar-refractivity contribution < 1.29 is 18.6 Å². The van der Waals surface area contributed by atoms with Gasteiger partial charge in [-0.1, -0.05) is 25.0 Å². The van der Waals surface area contributed by atoms with E-state index in [9.17, 15) is 0 Å². The van der Waals surface area contributed by atoms with Crippen LogP contribution in [0.3, 0.4) is 0 Å². The minimum atomic E-state index is -0.356. The van der Waals surface area contributed by atoms with Crippen molar-refractivity contribution in [3.05, 3.63) is 11.6 Å². The maximum atomic E-state index is 6.42. The van der Waals surface area contributed by atoms with Crippen molar-refractivity contribution in [1.29, 1.82) is 0 Å². The van der Waals surface area contributed by atoms with E-state index >= 15 is 0 Å². The van der Waals surface area contributed by atoms with Gasteiger partial charge in [0.25, 0.3) is 0 Å². The Morgan fingerprint density at radius 2 is 1.11 bits per heavy atom. The molecule has 6 heteroatoms. The molecule has 1 unspecified atom stereocenters. The first-order valence-electron chi connectivity index (χ1n) is 10.9. The van der Waals surface area contributed by atoms with Crippen LogP contribution in [-0.4, -0.2) is 36.6 Å². The second kappa shape index (κ2) is 8.09. The summed E-state index contributed by atoms with van der Waals surface area (Å²) in [4.78, 5) is 0. The van der Waals surface area contributed by atoms with Crippen LogP contribution >= 0.6 is 0 Å². The van der Waals surface area contributed by atoms with Crippen LogP contribution in [0.1, 0.15) is 95.4 Å². The molecule has 2 aliphatic heterocycles. The summed E-state index contributed by atoms with van der Waals surface area (Å²) in [6.07, 6.45) is 5.50. The van der Waals surface area contributed by atoms with E-state index in [1.165, 1.54) is 5.57 Å². The zero-order valence-corrected chi connectivity index (χ0v) is 20.1. The molecule has 0 spiro atoms. The van der Waals surface area contributed by atoms with Crippen LogP contribution in [-0.2, 0) is 18.6 Å². The molecule has 2 fully saturated rings. The fourth-order valence-electron chi connectivity index (χ4n) is 3.72. The number of allylic oxidation sites excluding steroid dienone is 2. The Labute approximate surface area is 174 Å². The molecule has 0 amide bonds. The average molecular weight is 392 g/mol. The van der Waals surface area contributed by atoms with E-state index in [0.29, 0.717) is 5.92 Å². The minimum absolute atomic E-state index is 0.0313. The van der Waals surface area contributed by atoms with E-state index in [2.05, 4.69) is 82.2 Å². The molecule has 0 radical (unpaired) electrons. The van der Waals surface area contributed by atoms with Gasteiger partial charge in [0, 0.05) is 5.72 Å². The van der Waals surface area contributed by atoms with Crippen molar-refractivity contribution >= 4 is 14.2 Å². The summed E-state index contributed by atoms with van der Waals surface area (Å²) in [7, 11) is -0.656. The van der Waals surface area contributed by atoms with Crippen molar-refractivity contribution in [2.24, 2.45) is 5.92 Å². The molecule has 2 saturated heterocycles. The smallest absolute Gasteiger partial charge is 0.403 e. The van der Waals surface area contributed by atoms with Gasteiger partial charge in [-0.15, -0.1) is 0 Å². The SMILES string of the molecule is CC(C)=CCCC(C)CC(B1OC(C)(C)C(C)(C)O1)B1OC(C)(C)C(C)(C)O1. The molecule has 2 rings (SSSR count). The lowest BCUT2D eigenvalue weighted by Gasteiger charge is -2.32. The molecule has 28 heavy (non-hydrogen) atoms. The van der Waals surface area contributed by atoms with Crippen LogP contribution in [0.25, 0.3) is 0 Å². The minimum Gasteiger partial charge on any atom is -0.403 e. The molecule has 0 aromatic heterocycles. The molecule has 0 saturated carbocycles. The second-order valence-electron chi connectivity index (χ2n) is 11.1. The summed E-state index contributed by atoms with van der Waals surface area (Å²) in [6, 6.07) is 0. The molecule has 4 nitrogen and oxygen atoms in total. The standard InChI is InChI=1S/C22H42B2O4/c1-16(2)13-12-14-17(3)15-18(23-25-19(4,5)20(6,7)26-23)24-27-21(8,9)22(10,11)28-24/h13,17-18H,12,14-15H2,1-11H3. The first-order chi connectivity index (χ1) is 12.6. The van der Waals surface area contributed by atoms with Crippen molar-refractivity contribution in [2.75, 3.05) is 0 Å². The van der Waals surface area contributed by atoms with Crippen molar-refractivity contribution in [1.82, 2.24) is 0 Å². The van der Waals surface area contributed by atoms with Gasteiger partial charge in [0.05, 0.1) is 22.4 Å². The second-order valence-corrected chi connectivity index (χ2v) is 11.1. The highest BCUT2D eigenvalue weighted by Gasteiger charge is 2.61. The van der Waals surface area contributed by atoms with Gasteiger partial charge in [0.15, 0.2) is 0 Å². The van der Waals surface area contributed by atoms with Crippen LogP contribution in [0.2, 0.25) is 5.72 Å². The third-order valence-corrected chi connectivity index (χ3v) is 7.13. The summed E-state index contributed by atoms with van der Waals surface area (Å²) in [5.74, 6) is 0.527. The highest BCUT2D eigenvalue weighted by Crippen LogP contribution is 2.47. The van der Waals surface area contributed by atoms with Gasteiger partial charge >= 0.3 is 14.2 Å². The van der Waals surface area contributed by atoms with E-state index in [0.717, 1.165) is 19.3 Å². The first-order valence-corrected chi connectivity index (χ1v) is 10.9. The van der Waals surface area contributed by atoms with Gasteiger partial charge in [0.2, 0.25) is 0 Å². The molecule has 2 heterocycles. The topological polar surface area (TPSA) is 36.9 Å². The molecular formula is C22H42B2O4. The lowest BCUT2D eigenvalue weighted by molar-refractivity contribution is 0.00578. The van der Waals surface area contributed by atoms with Crippen molar-refractivity contribution in [3.8, 4) is 0 Å². The summed E-state index contributed by atoms with van der Waals surface area (Å²) >= 11 is 0. The van der Waals surface area contributed by atoms with Gasteiger partial charge in [-0.3, -0.25) is 0 Å². The van der Waals surface area contributed by atoms with Gasteiger partial charge in [-0.2, -0.15) is 0 Å². The lowest BCUT2D eigenvalue weighted by Crippen LogP contribution is -2.41. The van der Waals surface area contributed by atoms with Crippen LogP contribution in [0.5, 0.6) is 0 Å². The molecule has 0 aromatic carbocycles. The van der Waals surface area contributed by atoms with E-state index in [-0.39, 0.29) is 42.4 Å². The van der Waals surface area contributed by atoms with Gasteiger partial charge in [-0.25, -0.2) is 0 Å². The summed E-state index contributed by atoms with van der Waals surface area (Å²) in [5.41, 5.74) is -0.0183. The van der Waals surface area contributed by atoms with E-state index in [4.69, 9.17) is 18.6 Å². The lowest BCUT2D eigenvalue weighted by atomic mass is 9.49. The molecule has 0 bridgehead atoms. The quantitative estimate of drug-likeness (QED) is 0.402. The molecular weight excluding hydrogens is 350 g/mol. The van der Waals surface area contributed by atoms with Crippen LogP contribution in [0.15, 0.2) is 11.6 Å². The zero-order valence-electron chi connectivity index (χ0n) is 20.1. The first kappa shape index (κ1) is 24.0. The third kappa shape index (κ3) is 5.06. The van der Waals surface area contributed by atoms with Gasteiger partial charge < -0.3 is 18.6 Å². The zero-order chi connectivity index (χ0) is 21.5. The van der Waals surface area contributed by atoms with Crippen LogP contribution in [0.4, 0.5) is 0 Å². The summed E-state index contributed by atoms with van der Waals surface area (Å²) in [6.45, 7) is 23.4. The molecule has 0 aliphatic carbocycles. The summed E-state index contributed by atoms with van der Waals surface area (Å²) in [5, 5.41) is 0. The fourth-order valence-corrected chi connectivity index (χ4v) is 3.72. The Hall–Kier alpha value is -0.290. The van der Waals surface area contributed by atoms with Crippen molar-refractivity contribution in [2.45, 2.75) is 124 Å². The number of rotatable bonds is 7. The number of hydrogen-bond acceptors (Lipinski definition) is 4. The van der Waals surface area contributed by atoms with Gasteiger partial charge in [-0.05, 0) is 88.0 Å². The van der Waals surface area contributed by atoms with Crippen LogP contribution < -0.4 is 0 Å². The third-order valence-electron chi connectivity index (χ3n) is 7.13. The Bertz CT molecular complexity index is 511. The molecule has 160 valence electrons. The number of hydrogen-bond donors (Lipinski definition) is 0. The van der Waals surface area contributed by atoms with E-state index < -0.39 is 0 Å². The molecule has 0 aromatic rings. The van der Waals surface area contributed by atoms with Crippen LogP contribution in [0, 0.1) is 5.92 Å². The Kier molecular flexibility index (Phi) is 6.93. The normalized spacial score (nSPS) is 26.0. The molecule has 2 aliphatic rings. The summed E-state index contributed by atoms with van der Waals surface area (Å²) < 4.78 is 25.7. The fraction of sp³-hybridized carbons (Fsp3) is 0.909. The maximum absolute atomic E-state index is 6.42. The highest BCUT2D eigenvalue weighted by atomic mass is 16.7. The van der Waals surface area contributed by atoms with E-state index in [1.807, 2.05) is 0 Å². The Balaban J connectivity index is 2.19. The van der Waals surface area contributed by atoms with Gasteiger partial charge in [0.1, 0.15) is 0 Å². The predicted molar refractivity (Wildman–Crippen MR) is 118 cm³/mol. The predicted octanol–water partition coefficient (Wildman–Crippen LogP) is 5.85. The Morgan fingerprint density at radius 1 is 0.750 bits per heavy atom. The average Bonchev–Trinajstić information content (AvgIpc) is 2.83.